The fourth-order valence-corrected chi connectivity index (χ4v) is 5.41. The number of carbonyl (C=O) groups excluding carboxylic acids is 1. The fraction of sp³-hybridized carbons (Fsp3) is 0.207. The van der Waals surface area contributed by atoms with Crippen molar-refractivity contribution in [1.29, 1.82) is 0 Å². The summed E-state index contributed by atoms with van der Waals surface area (Å²) in [5.41, 5.74) is 10.5. The third kappa shape index (κ3) is 5.46. The summed E-state index contributed by atoms with van der Waals surface area (Å²) in [5.74, 6) is 0.526. The van der Waals surface area contributed by atoms with E-state index < -0.39 is 18.4 Å². The number of alkyl halides is 2. The van der Waals surface area contributed by atoms with Crippen LogP contribution >= 0.6 is 11.3 Å². The Morgan fingerprint density at radius 2 is 1.85 bits per heavy atom. The zero-order valence-electron chi connectivity index (χ0n) is 21.6. The number of anilines is 1. The molecule has 3 aromatic heterocycles. The van der Waals surface area contributed by atoms with Crippen molar-refractivity contribution in [3.63, 3.8) is 0 Å². The Morgan fingerprint density at radius 3 is 2.59 bits per heavy atom. The molecule has 3 heterocycles. The van der Waals surface area contributed by atoms with Gasteiger partial charge in [-0.3, -0.25) is 9.36 Å². The summed E-state index contributed by atoms with van der Waals surface area (Å²) in [7, 11) is 3.89. The molecule has 0 spiro atoms. The maximum atomic E-state index is 13.1. The van der Waals surface area contributed by atoms with Crippen molar-refractivity contribution in [3.8, 4) is 21.9 Å². The second kappa shape index (κ2) is 10.8. The summed E-state index contributed by atoms with van der Waals surface area (Å²) in [6.07, 6.45) is 0.0405. The van der Waals surface area contributed by atoms with Crippen LogP contribution in [0.15, 0.2) is 73.2 Å². The van der Waals surface area contributed by atoms with Crippen molar-refractivity contribution in [2.24, 2.45) is 5.73 Å². The number of primary amides is 1. The van der Waals surface area contributed by atoms with Gasteiger partial charge in [-0.1, -0.05) is 30.3 Å². The Morgan fingerprint density at radius 1 is 1.08 bits per heavy atom. The molecule has 1 amide bonds. The van der Waals surface area contributed by atoms with E-state index >= 15 is 0 Å². The maximum Gasteiger partial charge on any atom is 0.262 e. The standard InChI is InChI=1S/C29H27F2N5O2S/c1-17(21-7-5-4-6-20(21)13-25(30)31)38-24-15-27(39-28(24)29(32)37)36-16-34-22-12-18(8-9-23(22)36)19-10-11-33-26(14-19)35(2)3/h4-12,14-17,25H,13H2,1-3H3,(H2,32,37). The van der Waals surface area contributed by atoms with Crippen LogP contribution in [0.2, 0.25) is 0 Å². The van der Waals surface area contributed by atoms with Crippen molar-refractivity contribution < 1.29 is 18.3 Å². The van der Waals surface area contributed by atoms with E-state index in [1.807, 2.05) is 53.9 Å². The second-order valence-corrected chi connectivity index (χ2v) is 10.3. The van der Waals surface area contributed by atoms with Gasteiger partial charge >= 0.3 is 0 Å². The normalized spacial score (nSPS) is 12.2. The van der Waals surface area contributed by atoms with Gasteiger partial charge in [0.2, 0.25) is 6.43 Å². The molecular formula is C29H27F2N5O2S. The Hall–Kier alpha value is -4.31. The topological polar surface area (TPSA) is 86.3 Å². The number of imidazole rings is 1. The van der Waals surface area contributed by atoms with Crippen LogP contribution in [0.1, 0.15) is 33.8 Å². The third-order valence-corrected chi connectivity index (χ3v) is 7.53. The number of nitrogens with zero attached hydrogens (tertiary/aromatic N) is 4. The van der Waals surface area contributed by atoms with E-state index in [4.69, 9.17) is 10.5 Å². The highest BCUT2D eigenvalue weighted by atomic mass is 32.1. The van der Waals surface area contributed by atoms with E-state index in [0.29, 0.717) is 21.9 Å². The Bertz CT molecular complexity index is 1650. The number of pyridine rings is 1. The summed E-state index contributed by atoms with van der Waals surface area (Å²) >= 11 is 1.19. The minimum absolute atomic E-state index is 0.245. The number of benzene rings is 2. The molecule has 5 rings (SSSR count). The van der Waals surface area contributed by atoms with Crippen LogP contribution in [-0.2, 0) is 6.42 Å². The predicted octanol–water partition coefficient (Wildman–Crippen LogP) is 6.26. The maximum absolute atomic E-state index is 13.1. The Kier molecular flexibility index (Phi) is 7.30. The van der Waals surface area contributed by atoms with Crippen LogP contribution in [0, 0.1) is 0 Å². The third-order valence-electron chi connectivity index (χ3n) is 6.40. The fourth-order valence-electron chi connectivity index (χ4n) is 4.49. The largest absolute Gasteiger partial charge is 0.484 e. The van der Waals surface area contributed by atoms with E-state index in [1.54, 1.807) is 49.8 Å². The van der Waals surface area contributed by atoms with Gasteiger partial charge in [0.25, 0.3) is 5.91 Å². The summed E-state index contributed by atoms with van der Waals surface area (Å²) < 4.78 is 34.2. The summed E-state index contributed by atoms with van der Waals surface area (Å²) in [6, 6.07) is 18.6. The van der Waals surface area contributed by atoms with Crippen LogP contribution < -0.4 is 15.4 Å². The second-order valence-electron chi connectivity index (χ2n) is 9.31. The van der Waals surface area contributed by atoms with Crippen molar-refractivity contribution in [1.82, 2.24) is 14.5 Å². The molecular weight excluding hydrogens is 520 g/mol. The number of ether oxygens (including phenoxy) is 1. The predicted molar refractivity (Wildman–Crippen MR) is 150 cm³/mol. The molecule has 10 heteroatoms. The molecule has 200 valence electrons. The lowest BCUT2D eigenvalue weighted by molar-refractivity contribution is 0.0998. The molecule has 0 radical (unpaired) electrons. The highest BCUT2D eigenvalue weighted by molar-refractivity contribution is 7.16. The van der Waals surface area contributed by atoms with Gasteiger partial charge in [0.05, 0.1) is 11.0 Å². The molecule has 0 saturated carbocycles. The number of rotatable bonds is 9. The van der Waals surface area contributed by atoms with Gasteiger partial charge in [-0.05, 0) is 53.4 Å². The van der Waals surface area contributed by atoms with E-state index in [1.165, 1.54) is 11.3 Å². The van der Waals surface area contributed by atoms with Gasteiger partial charge in [0, 0.05) is 32.8 Å². The number of amides is 1. The molecule has 0 fully saturated rings. The van der Waals surface area contributed by atoms with Crippen LogP contribution in [0.5, 0.6) is 5.75 Å². The molecule has 39 heavy (non-hydrogen) atoms. The van der Waals surface area contributed by atoms with Gasteiger partial charge in [-0.25, -0.2) is 18.7 Å². The molecule has 0 aliphatic carbocycles. The molecule has 1 unspecified atom stereocenters. The van der Waals surface area contributed by atoms with E-state index in [0.717, 1.165) is 28.0 Å². The Labute approximate surface area is 228 Å². The zero-order chi connectivity index (χ0) is 27.7. The lowest BCUT2D eigenvalue weighted by Crippen LogP contribution is -2.13. The van der Waals surface area contributed by atoms with Crippen molar-refractivity contribution in [3.05, 3.63) is 89.2 Å². The SMILES string of the molecule is CC(Oc1cc(-n2cnc3cc(-c4ccnc(N(C)C)c4)ccc32)sc1C(N)=O)c1ccccc1CC(F)F. The van der Waals surface area contributed by atoms with Gasteiger partial charge < -0.3 is 15.4 Å². The number of fused-ring (bicyclic) bond motifs is 1. The number of halogens is 2. The molecule has 1 atom stereocenters. The minimum Gasteiger partial charge on any atom is -0.484 e. The molecule has 5 aromatic rings. The highest BCUT2D eigenvalue weighted by Gasteiger charge is 2.22. The average molecular weight is 548 g/mol. The number of nitrogens with two attached hydrogens (primary N) is 1. The molecule has 0 bridgehead atoms. The monoisotopic (exact) mass is 547 g/mol. The van der Waals surface area contributed by atoms with E-state index in [9.17, 15) is 13.6 Å². The quantitative estimate of drug-likeness (QED) is 0.235. The lowest BCUT2D eigenvalue weighted by atomic mass is 10.0. The first-order valence-electron chi connectivity index (χ1n) is 12.3. The minimum atomic E-state index is -2.48. The summed E-state index contributed by atoms with van der Waals surface area (Å²) in [5, 5.41) is 0.695. The number of hydrogen-bond acceptors (Lipinski definition) is 6. The Balaban J connectivity index is 1.47. The van der Waals surface area contributed by atoms with Gasteiger partial charge in [-0.2, -0.15) is 0 Å². The average Bonchev–Trinajstić information content (AvgIpc) is 3.52. The van der Waals surface area contributed by atoms with Crippen molar-refractivity contribution >= 4 is 34.1 Å². The first-order valence-corrected chi connectivity index (χ1v) is 13.1. The van der Waals surface area contributed by atoms with Crippen molar-refractivity contribution in [2.45, 2.75) is 25.9 Å². The van der Waals surface area contributed by atoms with Gasteiger partial charge in [-0.15, -0.1) is 11.3 Å². The highest BCUT2D eigenvalue weighted by Crippen LogP contribution is 2.37. The number of carbonyl (C=O) groups is 1. The molecule has 0 saturated heterocycles. The first kappa shape index (κ1) is 26.3. The zero-order valence-corrected chi connectivity index (χ0v) is 22.5. The molecule has 0 aliphatic rings. The van der Waals surface area contributed by atoms with E-state index in [2.05, 4.69) is 9.97 Å². The smallest absolute Gasteiger partial charge is 0.262 e. The van der Waals surface area contributed by atoms with Crippen LogP contribution in [0.3, 0.4) is 0 Å². The van der Waals surface area contributed by atoms with Crippen molar-refractivity contribution in [2.75, 3.05) is 19.0 Å². The van der Waals surface area contributed by atoms with Gasteiger partial charge in [0.15, 0.2) is 0 Å². The first-order chi connectivity index (χ1) is 18.7. The molecule has 0 aliphatic heterocycles. The lowest BCUT2D eigenvalue weighted by Gasteiger charge is -2.18. The molecule has 7 nitrogen and oxygen atoms in total. The van der Waals surface area contributed by atoms with Gasteiger partial charge in [0.1, 0.15) is 33.9 Å². The number of thiophene rings is 1. The van der Waals surface area contributed by atoms with E-state index in [-0.39, 0.29) is 11.3 Å². The number of hydrogen-bond donors (Lipinski definition) is 1. The van der Waals surface area contributed by atoms with Crippen LogP contribution in [0.25, 0.3) is 27.2 Å². The summed E-state index contributed by atoms with van der Waals surface area (Å²) in [6.45, 7) is 1.77. The van der Waals surface area contributed by atoms with Crippen LogP contribution in [-0.4, -0.2) is 41.0 Å². The summed E-state index contributed by atoms with van der Waals surface area (Å²) in [4.78, 5) is 23.4. The van der Waals surface area contributed by atoms with Crippen LogP contribution in [0.4, 0.5) is 14.6 Å². The molecule has 2 N–H and O–H groups in total. The number of aromatic nitrogens is 3. The molecule has 2 aromatic carbocycles.